The van der Waals surface area contributed by atoms with Gasteiger partial charge in [-0.2, -0.15) is 0 Å². The first-order chi connectivity index (χ1) is 17.0. The highest BCUT2D eigenvalue weighted by Gasteiger charge is 2.28. The lowest BCUT2D eigenvalue weighted by Gasteiger charge is -2.34. The van der Waals surface area contributed by atoms with E-state index in [0.717, 1.165) is 24.4 Å². The first-order valence-electron chi connectivity index (χ1n) is 11.9. The molecule has 0 atom stereocenters. The third-order valence-electron chi connectivity index (χ3n) is 6.08. The molecule has 2 heterocycles. The van der Waals surface area contributed by atoms with Crippen LogP contribution in [0.25, 0.3) is 0 Å². The van der Waals surface area contributed by atoms with Crippen molar-refractivity contribution < 1.29 is 28.6 Å². The van der Waals surface area contributed by atoms with E-state index in [1.54, 1.807) is 4.90 Å². The van der Waals surface area contributed by atoms with Gasteiger partial charge in [-0.05, 0) is 80.9 Å². The molecule has 2 saturated heterocycles. The Morgan fingerprint density at radius 2 is 1.63 bits per heavy atom. The number of piperazine rings is 1. The van der Waals surface area contributed by atoms with E-state index in [4.69, 9.17) is 14.6 Å². The lowest BCUT2D eigenvalue weighted by atomic mass is 10.1. The highest BCUT2D eigenvalue weighted by Crippen LogP contribution is 2.22. The normalized spacial score (nSPS) is 16.3. The van der Waals surface area contributed by atoms with E-state index in [9.17, 15) is 14.0 Å². The average molecular weight is 486 g/mol. The topological polar surface area (TPSA) is 90.4 Å². The van der Waals surface area contributed by atoms with Gasteiger partial charge in [-0.1, -0.05) is 6.42 Å². The molecule has 0 unspecified atom stereocenters. The number of hydrogen-bond donors (Lipinski definition) is 1. The number of hydrogen-bond acceptors (Lipinski definition) is 5. The van der Waals surface area contributed by atoms with Gasteiger partial charge in [-0.3, -0.25) is 14.4 Å². The minimum atomic E-state index is -0.392. The van der Waals surface area contributed by atoms with Gasteiger partial charge in [0.25, 0.3) is 12.4 Å². The summed E-state index contributed by atoms with van der Waals surface area (Å²) in [5.74, 6) is 0.00931. The Labute approximate surface area is 204 Å². The summed E-state index contributed by atoms with van der Waals surface area (Å²) in [6.45, 7) is 4.76. The van der Waals surface area contributed by atoms with E-state index >= 15 is 0 Å². The molecule has 4 rings (SSSR count). The number of anilines is 1. The SMILES string of the molecule is O=C(c1ccc(F)cc1)N1CCN(c2ccc(OCCCN3CCCCC3)cc2)C(=O)C1.O=CO. The zero-order valence-electron chi connectivity index (χ0n) is 19.8. The summed E-state index contributed by atoms with van der Waals surface area (Å²) in [7, 11) is 0. The Hall–Kier alpha value is -3.46. The molecular formula is C26H32FN3O5. The van der Waals surface area contributed by atoms with E-state index < -0.39 is 5.82 Å². The van der Waals surface area contributed by atoms with Gasteiger partial charge in [-0.15, -0.1) is 0 Å². The van der Waals surface area contributed by atoms with E-state index in [2.05, 4.69) is 4.90 Å². The fourth-order valence-electron chi connectivity index (χ4n) is 4.28. The van der Waals surface area contributed by atoms with E-state index in [1.165, 1.54) is 61.5 Å². The van der Waals surface area contributed by atoms with Gasteiger partial charge in [0.2, 0.25) is 5.91 Å². The number of piperidine rings is 1. The molecule has 0 bridgehead atoms. The monoisotopic (exact) mass is 485 g/mol. The van der Waals surface area contributed by atoms with Gasteiger partial charge < -0.3 is 24.5 Å². The summed E-state index contributed by atoms with van der Waals surface area (Å²) in [6, 6.07) is 12.9. The lowest BCUT2D eigenvalue weighted by Crippen LogP contribution is -2.52. The van der Waals surface area contributed by atoms with Gasteiger partial charge in [0.15, 0.2) is 0 Å². The molecule has 188 valence electrons. The molecule has 2 aromatic carbocycles. The third kappa shape index (κ3) is 7.78. The zero-order chi connectivity index (χ0) is 25.0. The van der Waals surface area contributed by atoms with Crippen molar-refractivity contribution in [3.8, 4) is 5.75 Å². The first kappa shape index (κ1) is 26.2. The lowest BCUT2D eigenvalue weighted by molar-refractivity contribution is -0.123. The molecule has 2 fully saturated rings. The van der Waals surface area contributed by atoms with Crippen LogP contribution in [-0.2, 0) is 9.59 Å². The second-order valence-electron chi connectivity index (χ2n) is 8.48. The number of likely N-dealkylation sites (tertiary alicyclic amines) is 1. The first-order valence-corrected chi connectivity index (χ1v) is 11.9. The molecule has 35 heavy (non-hydrogen) atoms. The maximum absolute atomic E-state index is 13.1. The fourth-order valence-corrected chi connectivity index (χ4v) is 4.28. The van der Waals surface area contributed by atoms with Crippen LogP contribution in [0.1, 0.15) is 36.0 Å². The van der Waals surface area contributed by atoms with Crippen LogP contribution in [0.15, 0.2) is 48.5 Å². The molecule has 0 saturated carbocycles. The van der Waals surface area contributed by atoms with Crippen LogP contribution in [0.4, 0.5) is 10.1 Å². The molecule has 1 N–H and O–H groups in total. The molecule has 9 heteroatoms. The maximum Gasteiger partial charge on any atom is 0.290 e. The van der Waals surface area contributed by atoms with E-state index in [1.807, 2.05) is 24.3 Å². The molecule has 2 aromatic rings. The standard InChI is InChI=1S/C25H30FN3O3.CH2O2/c26-21-7-5-20(6-8-21)25(31)28-16-17-29(24(30)19-28)22-9-11-23(12-10-22)32-18-4-15-27-13-2-1-3-14-27;2-1-3/h5-12H,1-4,13-19H2;1H,(H,2,3). The van der Waals surface area contributed by atoms with Gasteiger partial charge in [-0.25, -0.2) is 4.39 Å². The molecule has 0 spiro atoms. The highest BCUT2D eigenvalue weighted by molar-refractivity contribution is 6.01. The number of ether oxygens (including phenoxy) is 1. The van der Waals surface area contributed by atoms with Crippen molar-refractivity contribution in [3.63, 3.8) is 0 Å². The van der Waals surface area contributed by atoms with Crippen molar-refractivity contribution >= 4 is 24.0 Å². The van der Waals surface area contributed by atoms with Gasteiger partial charge in [0.1, 0.15) is 18.1 Å². The molecule has 2 aliphatic heterocycles. The average Bonchev–Trinajstić information content (AvgIpc) is 2.88. The molecule has 2 aliphatic rings. The Bertz CT molecular complexity index is 962. The van der Waals surface area contributed by atoms with Crippen LogP contribution in [0.2, 0.25) is 0 Å². The van der Waals surface area contributed by atoms with Crippen molar-refractivity contribution in [2.75, 3.05) is 50.8 Å². The van der Waals surface area contributed by atoms with Crippen molar-refractivity contribution in [1.82, 2.24) is 9.80 Å². The van der Waals surface area contributed by atoms with E-state index in [0.29, 0.717) is 25.3 Å². The second kappa shape index (κ2) is 13.4. The summed E-state index contributed by atoms with van der Waals surface area (Å²) in [6.07, 6.45) is 4.96. The minimum absolute atomic E-state index is 0.00492. The Balaban J connectivity index is 0.00000108. The Morgan fingerprint density at radius 3 is 2.26 bits per heavy atom. The van der Waals surface area contributed by atoms with Gasteiger partial charge in [0.05, 0.1) is 6.61 Å². The molecule has 0 aromatic heterocycles. The largest absolute Gasteiger partial charge is 0.494 e. The maximum atomic E-state index is 13.1. The van der Waals surface area contributed by atoms with Gasteiger partial charge >= 0.3 is 0 Å². The predicted octanol–water partition coefficient (Wildman–Crippen LogP) is 3.27. The molecule has 8 nitrogen and oxygen atoms in total. The quantitative estimate of drug-likeness (QED) is 0.478. The summed E-state index contributed by atoms with van der Waals surface area (Å²) >= 11 is 0. The second-order valence-corrected chi connectivity index (χ2v) is 8.48. The Morgan fingerprint density at radius 1 is 0.971 bits per heavy atom. The van der Waals surface area contributed by atoms with Crippen LogP contribution in [-0.4, -0.2) is 79.1 Å². The number of halogens is 1. The van der Waals surface area contributed by atoms with Crippen LogP contribution in [0.5, 0.6) is 5.75 Å². The molecule has 0 aliphatic carbocycles. The molecule has 0 radical (unpaired) electrons. The van der Waals surface area contributed by atoms with Crippen LogP contribution >= 0.6 is 0 Å². The summed E-state index contributed by atoms with van der Waals surface area (Å²) < 4.78 is 19.0. The summed E-state index contributed by atoms with van der Waals surface area (Å²) in [5, 5.41) is 6.89. The van der Waals surface area contributed by atoms with Crippen molar-refractivity contribution in [2.24, 2.45) is 0 Å². The van der Waals surface area contributed by atoms with Crippen molar-refractivity contribution in [3.05, 3.63) is 59.9 Å². The smallest absolute Gasteiger partial charge is 0.290 e. The van der Waals surface area contributed by atoms with Crippen LogP contribution in [0, 0.1) is 5.82 Å². The number of carbonyl (C=O) groups is 3. The fraction of sp³-hybridized carbons (Fsp3) is 0.423. The van der Waals surface area contributed by atoms with Crippen molar-refractivity contribution in [2.45, 2.75) is 25.7 Å². The van der Waals surface area contributed by atoms with Crippen molar-refractivity contribution in [1.29, 1.82) is 0 Å². The highest BCUT2D eigenvalue weighted by atomic mass is 19.1. The number of carbonyl (C=O) groups excluding carboxylic acids is 2. The summed E-state index contributed by atoms with van der Waals surface area (Å²) in [4.78, 5) is 39.3. The number of amides is 2. The summed E-state index contributed by atoms with van der Waals surface area (Å²) in [5.41, 5.74) is 1.18. The molecular weight excluding hydrogens is 453 g/mol. The third-order valence-corrected chi connectivity index (χ3v) is 6.08. The predicted molar refractivity (Wildman–Crippen MR) is 130 cm³/mol. The van der Waals surface area contributed by atoms with Gasteiger partial charge in [0, 0.05) is 30.9 Å². The Kier molecular flexibility index (Phi) is 10.0. The minimum Gasteiger partial charge on any atom is -0.494 e. The van der Waals surface area contributed by atoms with Crippen LogP contribution in [0.3, 0.4) is 0 Å². The number of carboxylic acid groups (broad SMARTS) is 1. The van der Waals surface area contributed by atoms with E-state index in [-0.39, 0.29) is 24.8 Å². The zero-order valence-corrected chi connectivity index (χ0v) is 19.8. The number of nitrogens with zero attached hydrogens (tertiary/aromatic N) is 3. The number of benzene rings is 2. The molecule has 2 amide bonds. The van der Waals surface area contributed by atoms with Crippen LogP contribution < -0.4 is 9.64 Å². The number of rotatable bonds is 7.